The number of hydrogen-bond acceptors (Lipinski definition) is 5. The summed E-state index contributed by atoms with van der Waals surface area (Å²) in [5.74, 6) is -0.287. The molecule has 0 aromatic carbocycles. The van der Waals surface area contributed by atoms with Crippen molar-refractivity contribution in [3.63, 3.8) is 0 Å². The van der Waals surface area contributed by atoms with Crippen molar-refractivity contribution in [1.29, 1.82) is 0 Å². The lowest BCUT2D eigenvalue weighted by atomic mass is 10.2. The Hall–Kier alpha value is -1.14. The van der Waals surface area contributed by atoms with Gasteiger partial charge in [0.1, 0.15) is 16.4 Å². The number of aromatic nitrogens is 2. The Morgan fingerprint density at radius 1 is 1.47 bits per heavy atom. The van der Waals surface area contributed by atoms with Crippen LogP contribution in [-0.4, -0.2) is 40.0 Å². The molecule has 0 fully saturated rings. The minimum Gasteiger partial charge on any atom is -0.478 e. The molecule has 0 radical (unpaired) electrons. The third-order valence-electron chi connectivity index (χ3n) is 2.67. The Kier molecular flexibility index (Phi) is 6.24. The maximum atomic E-state index is 11.3. The third-order valence-corrected chi connectivity index (χ3v) is 3.83. The molecule has 106 valence electrons. The molecule has 19 heavy (non-hydrogen) atoms. The van der Waals surface area contributed by atoms with Crippen molar-refractivity contribution >= 4 is 17.7 Å². The molecule has 1 rings (SSSR count). The fourth-order valence-electron chi connectivity index (χ4n) is 1.63. The van der Waals surface area contributed by atoms with Crippen LogP contribution in [0.4, 0.5) is 0 Å². The van der Waals surface area contributed by atoms with E-state index in [1.807, 2.05) is 13.8 Å². The van der Waals surface area contributed by atoms with Crippen LogP contribution >= 0.6 is 11.8 Å². The van der Waals surface area contributed by atoms with Crippen molar-refractivity contribution in [3.05, 3.63) is 17.1 Å². The van der Waals surface area contributed by atoms with Crippen molar-refractivity contribution < 1.29 is 14.6 Å². The van der Waals surface area contributed by atoms with Gasteiger partial charge in [-0.25, -0.2) is 14.8 Å². The Balaban J connectivity index is 3.02. The quantitative estimate of drug-likeness (QED) is 0.613. The summed E-state index contributed by atoms with van der Waals surface area (Å²) in [6.07, 6.45) is 1.55. The van der Waals surface area contributed by atoms with Crippen molar-refractivity contribution in [2.75, 3.05) is 13.7 Å². The third kappa shape index (κ3) is 4.47. The fraction of sp³-hybridized carbons (Fsp3) is 0.615. The number of hydrogen-bond donors (Lipinski definition) is 1. The second-order valence-corrected chi connectivity index (χ2v) is 5.70. The van der Waals surface area contributed by atoms with Gasteiger partial charge >= 0.3 is 5.97 Å². The van der Waals surface area contributed by atoms with Crippen LogP contribution in [0.1, 0.15) is 42.1 Å². The molecule has 0 saturated heterocycles. The molecule has 6 heteroatoms. The van der Waals surface area contributed by atoms with Gasteiger partial charge in [-0.2, -0.15) is 0 Å². The van der Waals surface area contributed by atoms with Gasteiger partial charge in [-0.15, -0.1) is 11.8 Å². The summed E-state index contributed by atoms with van der Waals surface area (Å²) >= 11 is 1.47. The van der Waals surface area contributed by atoms with E-state index < -0.39 is 5.97 Å². The second-order valence-electron chi connectivity index (χ2n) is 4.27. The van der Waals surface area contributed by atoms with E-state index in [1.165, 1.54) is 11.8 Å². The molecule has 0 aliphatic carbocycles. The van der Waals surface area contributed by atoms with Gasteiger partial charge in [0.05, 0.1) is 5.69 Å². The normalized spacial score (nSPS) is 12.4. The minimum absolute atomic E-state index is 0.214. The lowest BCUT2D eigenvalue weighted by Crippen LogP contribution is -2.11. The summed E-state index contributed by atoms with van der Waals surface area (Å²) < 4.78 is 5.03. The van der Waals surface area contributed by atoms with E-state index in [0.29, 0.717) is 29.6 Å². The number of nitrogens with zero attached hydrogens (tertiary/aromatic N) is 2. The lowest BCUT2D eigenvalue weighted by Gasteiger charge is -2.13. The molecule has 1 heterocycles. The summed E-state index contributed by atoms with van der Waals surface area (Å²) in [6.45, 7) is 6.37. The SMILES string of the molecule is CCc1nc(C)c(C(=O)O)c(SC(C)CCOC)n1. The van der Waals surface area contributed by atoms with Crippen molar-refractivity contribution in [3.8, 4) is 0 Å². The molecule has 0 amide bonds. The highest BCUT2D eigenvalue weighted by atomic mass is 32.2. The van der Waals surface area contributed by atoms with Gasteiger partial charge in [0.2, 0.25) is 0 Å². The molecule has 0 spiro atoms. The summed E-state index contributed by atoms with van der Waals surface area (Å²) in [7, 11) is 1.66. The summed E-state index contributed by atoms with van der Waals surface area (Å²) in [5, 5.41) is 10.1. The van der Waals surface area contributed by atoms with Crippen LogP contribution in [-0.2, 0) is 11.2 Å². The number of ether oxygens (including phenoxy) is 1. The molecule has 1 aromatic rings. The van der Waals surface area contributed by atoms with Crippen molar-refractivity contribution in [2.45, 2.75) is 43.9 Å². The van der Waals surface area contributed by atoms with Crippen LogP contribution < -0.4 is 0 Å². The first-order valence-electron chi connectivity index (χ1n) is 6.26. The molecule has 1 unspecified atom stereocenters. The van der Waals surface area contributed by atoms with E-state index in [9.17, 15) is 9.90 Å². The number of aromatic carboxylic acids is 1. The molecule has 5 nitrogen and oxygen atoms in total. The van der Waals surface area contributed by atoms with Crippen LogP contribution in [0, 0.1) is 6.92 Å². The number of carboxylic acids is 1. The number of carboxylic acid groups (broad SMARTS) is 1. The van der Waals surface area contributed by atoms with Gasteiger partial charge in [-0.3, -0.25) is 0 Å². The smallest absolute Gasteiger partial charge is 0.340 e. The zero-order valence-electron chi connectivity index (χ0n) is 11.8. The van der Waals surface area contributed by atoms with E-state index in [1.54, 1.807) is 14.0 Å². The lowest BCUT2D eigenvalue weighted by molar-refractivity contribution is 0.0690. The molecule has 0 saturated carbocycles. The summed E-state index contributed by atoms with van der Waals surface area (Å²) in [5.41, 5.74) is 0.743. The predicted octanol–water partition coefficient (Wildman–Crippen LogP) is 2.56. The number of thioether (sulfide) groups is 1. The monoisotopic (exact) mass is 284 g/mol. The first-order chi connectivity index (χ1) is 8.99. The number of methoxy groups -OCH3 is 1. The highest BCUT2D eigenvalue weighted by molar-refractivity contribution is 7.99. The number of rotatable bonds is 7. The molecule has 0 aliphatic heterocycles. The summed E-state index contributed by atoms with van der Waals surface area (Å²) in [4.78, 5) is 19.9. The predicted molar refractivity (Wildman–Crippen MR) is 74.9 cm³/mol. The van der Waals surface area contributed by atoms with Crippen LogP contribution in [0.15, 0.2) is 5.03 Å². The Morgan fingerprint density at radius 3 is 2.68 bits per heavy atom. The van der Waals surface area contributed by atoms with Gasteiger partial charge in [-0.1, -0.05) is 13.8 Å². The highest BCUT2D eigenvalue weighted by Gasteiger charge is 2.19. The minimum atomic E-state index is -0.971. The van der Waals surface area contributed by atoms with Gasteiger partial charge in [-0.05, 0) is 13.3 Å². The van der Waals surface area contributed by atoms with E-state index in [-0.39, 0.29) is 10.8 Å². The first-order valence-corrected chi connectivity index (χ1v) is 7.13. The largest absolute Gasteiger partial charge is 0.478 e. The molecular formula is C13H20N2O3S. The van der Waals surface area contributed by atoms with E-state index in [0.717, 1.165) is 6.42 Å². The molecule has 1 N–H and O–H groups in total. The Labute approximate surface area is 117 Å². The van der Waals surface area contributed by atoms with Crippen LogP contribution in [0.3, 0.4) is 0 Å². The zero-order valence-corrected chi connectivity index (χ0v) is 12.6. The summed E-state index contributed by atoms with van der Waals surface area (Å²) in [6, 6.07) is 0. The fourth-order valence-corrected chi connectivity index (χ4v) is 2.73. The van der Waals surface area contributed by atoms with E-state index >= 15 is 0 Å². The maximum absolute atomic E-state index is 11.3. The molecule has 1 atom stereocenters. The van der Waals surface area contributed by atoms with E-state index in [4.69, 9.17) is 4.74 Å². The van der Waals surface area contributed by atoms with E-state index in [2.05, 4.69) is 9.97 Å². The second kappa shape index (κ2) is 7.45. The van der Waals surface area contributed by atoms with Crippen LogP contribution in [0.5, 0.6) is 0 Å². The van der Waals surface area contributed by atoms with Crippen molar-refractivity contribution in [2.24, 2.45) is 0 Å². The standard InChI is InChI=1S/C13H20N2O3S/c1-5-10-14-9(3)11(13(16)17)12(15-10)19-8(2)6-7-18-4/h8H,5-7H2,1-4H3,(H,16,17). The van der Waals surface area contributed by atoms with Gasteiger partial charge in [0, 0.05) is 25.4 Å². The first kappa shape index (κ1) is 15.9. The Bertz CT molecular complexity index is 452. The topological polar surface area (TPSA) is 72.3 Å². The average Bonchev–Trinajstić information content (AvgIpc) is 2.35. The van der Waals surface area contributed by atoms with Crippen LogP contribution in [0.2, 0.25) is 0 Å². The molecule has 0 bridgehead atoms. The van der Waals surface area contributed by atoms with Crippen LogP contribution in [0.25, 0.3) is 0 Å². The number of carbonyl (C=O) groups is 1. The molecular weight excluding hydrogens is 264 g/mol. The van der Waals surface area contributed by atoms with Gasteiger partial charge < -0.3 is 9.84 Å². The zero-order chi connectivity index (χ0) is 14.4. The molecule has 0 aliphatic rings. The van der Waals surface area contributed by atoms with Crippen molar-refractivity contribution in [1.82, 2.24) is 9.97 Å². The number of aryl methyl sites for hydroxylation is 2. The highest BCUT2D eigenvalue weighted by Crippen LogP contribution is 2.28. The maximum Gasteiger partial charge on any atom is 0.340 e. The van der Waals surface area contributed by atoms with Gasteiger partial charge in [0.25, 0.3) is 0 Å². The molecule has 1 aromatic heterocycles. The average molecular weight is 284 g/mol. The Morgan fingerprint density at radius 2 is 2.16 bits per heavy atom. The van der Waals surface area contributed by atoms with Gasteiger partial charge in [0.15, 0.2) is 0 Å².